The predicted molar refractivity (Wildman–Crippen MR) is 73.9 cm³/mol. The van der Waals surface area contributed by atoms with E-state index in [1.807, 2.05) is 6.92 Å². The highest BCUT2D eigenvalue weighted by molar-refractivity contribution is 5.70. The molecule has 0 aliphatic carbocycles. The molecule has 0 aliphatic rings. The Bertz CT molecular complexity index is 401. The van der Waals surface area contributed by atoms with E-state index in [0.717, 1.165) is 13.0 Å². The van der Waals surface area contributed by atoms with Crippen LogP contribution in [0.3, 0.4) is 0 Å². The summed E-state index contributed by atoms with van der Waals surface area (Å²) in [5, 5.41) is 12.2. The van der Waals surface area contributed by atoms with Gasteiger partial charge in [-0.25, -0.2) is 0 Å². The molecule has 3 heteroatoms. The van der Waals surface area contributed by atoms with Crippen molar-refractivity contribution in [3.8, 4) is 0 Å². The molecule has 0 heterocycles. The number of carboxylic acid groups (broad SMARTS) is 1. The number of carbonyl (C=O) groups is 1. The molecule has 0 bridgehead atoms. The summed E-state index contributed by atoms with van der Waals surface area (Å²) in [6.07, 6.45) is 1.62. The van der Waals surface area contributed by atoms with Crippen molar-refractivity contribution in [3.05, 3.63) is 34.9 Å². The van der Waals surface area contributed by atoms with Crippen molar-refractivity contribution >= 4 is 5.97 Å². The Morgan fingerprint density at radius 1 is 1.39 bits per heavy atom. The molecule has 2 N–H and O–H groups in total. The van der Waals surface area contributed by atoms with Gasteiger partial charge in [0, 0.05) is 6.54 Å². The maximum absolute atomic E-state index is 10.9. The summed E-state index contributed by atoms with van der Waals surface area (Å²) < 4.78 is 0. The lowest BCUT2D eigenvalue weighted by Gasteiger charge is -2.12. The Hall–Kier alpha value is -1.35. The van der Waals surface area contributed by atoms with Crippen LogP contribution in [0, 0.1) is 19.8 Å². The minimum atomic E-state index is -0.711. The molecule has 0 amide bonds. The van der Waals surface area contributed by atoms with Gasteiger partial charge in [-0.2, -0.15) is 0 Å². The third-order valence-electron chi connectivity index (χ3n) is 3.31. The third kappa shape index (κ3) is 4.49. The molecular weight excluding hydrogens is 226 g/mol. The Kier molecular flexibility index (Phi) is 5.86. The van der Waals surface area contributed by atoms with Crippen LogP contribution in [0.15, 0.2) is 18.2 Å². The fraction of sp³-hybridized carbons (Fsp3) is 0.533. The lowest BCUT2D eigenvalue weighted by atomic mass is 10.0. The molecule has 0 saturated heterocycles. The Balaban J connectivity index is 2.37. The van der Waals surface area contributed by atoms with Crippen LogP contribution in [0.5, 0.6) is 0 Å². The zero-order valence-corrected chi connectivity index (χ0v) is 11.5. The highest BCUT2D eigenvalue weighted by Crippen LogP contribution is 2.10. The van der Waals surface area contributed by atoms with Crippen LogP contribution in [0.2, 0.25) is 0 Å². The summed E-state index contributed by atoms with van der Waals surface area (Å²) in [5.41, 5.74) is 3.91. The number of carboxylic acids is 1. The van der Waals surface area contributed by atoms with E-state index >= 15 is 0 Å². The second kappa shape index (κ2) is 7.17. The molecule has 1 aromatic carbocycles. The molecule has 18 heavy (non-hydrogen) atoms. The Labute approximate surface area is 109 Å². The van der Waals surface area contributed by atoms with E-state index in [4.69, 9.17) is 5.11 Å². The van der Waals surface area contributed by atoms with Gasteiger partial charge in [-0.1, -0.05) is 30.7 Å². The van der Waals surface area contributed by atoms with E-state index in [2.05, 4.69) is 37.4 Å². The molecule has 1 atom stereocenters. The molecule has 0 spiro atoms. The van der Waals surface area contributed by atoms with Crippen LogP contribution in [-0.2, 0) is 11.2 Å². The largest absolute Gasteiger partial charge is 0.481 e. The van der Waals surface area contributed by atoms with E-state index in [9.17, 15) is 4.79 Å². The van der Waals surface area contributed by atoms with Gasteiger partial charge < -0.3 is 10.4 Å². The van der Waals surface area contributed by atoms with Gasteiger partial charge in [-0.05, 0) is 44.4 Å². The number of nitrogens with one attached hydrogen (secondary N) is 1. The van der Waals surface area contributed by atoms with Gasteiger partial charge in [-0.15, -0.1) is 0 Å². The molecule has 0 fully saturated rings. The van der Waals surface area contributed by atoms with Crippen LogP contribution in [0.1, 0.15) is 30.0 Å². The second-order valence-corrected chi connectivity index (χ2v) is 4.83. The molecule has 1 unspecified atom stereocenters. The minimum Gasteiger partial charge on any atom is -0.481 e. The quantitative estimate of drug-likeness (QED) is 0.730. The van der Waals surface area contributed by atoms with Crippen LogP contribution < -0.4 is 5.32 Å². The van der Waals surface area contributed by atoms with Gasteiger partial charge in [0.05, 0.1) is 5.92 Å². The second-order valence-electron chi connectivity index (χ2n) is 4.83. The maximum atomic E-state index is 10.9. The fourth-order valence-corrected chi connectivity index (χ4v) is 1.98. The lowest BCUT2D eigenvalue weighted by Crippen LogP contribution is -2.29. The van der Waals surface area contributed by atoms with Crippen molar-refractivity contribution in [1.82, 2.24) is 5.32 Å². The number of benzene rings is 1. The number of rotatable bonds is 7. The van der Waals surface area contributed by atoms with Gasteiger partial charge in [0.25, 0.3) is 0 Å². The van der Waals surface area contributed by atoms with Gasteiger partial charge >= 0.3 is 5.97 Å². The fourth-order valence-electron chi connectivity index (χ4n) is 1.98. The van der Waals surface area contributed by atoms with Crippen LogP contribution >= 0.6 is 0 Å². The van der Waals surface area contributed by atoms with Gasteiger partial charge in [0.15, 0.2) is 0 Å². The van der Waals surface area contributed by atoms with Gasteiger partial charge in [-0.3, -0.25) is 4.79 Å². The average molecular weight is 249 g/mol. The van der Waals surface area contributed by atoms with Crippen molar-refractivity contribution < 1.29 is 9.90 Å². The van der Waals surface area contributed by atoms with Crippen molar-refractivity contribution in [1.29, 1.82) is 0 Å². The first-order chi connectivity index (χ1) is 8.54. The number of hydrogen-bond donors (Lipinski definition) is 2. The van der Waals surface area contributed by atoms with Crippen LogP contribution in [0.25, 0.3) is 0 Å². The van der Waals surface area contributed by atoms with E-state index in [1.54, 1.807) is 0 Å². The van der Waals surface area contributed by atoms with Gasteiger partial charge in [0.2, 0.25) is 0 Å². The SMILES string of the molecule is CCC(CNCCc1cc(C)ccc1C)C(=O)O. The van der Waals surface area contributed by atoms with E-state index in [-0.39, 0.29) is 5.92 Å². The summed E-state index contributed by atoms with van der Waals surface area (Å²) in [7, 11) is 0. The standard InChI is InChI=1S/C15H23NO2/c1-4-13(15(17)18)10-16-8-7-14-9-11(2)5-6-12(14)3/h5-6,9,13,16H,4,7-8,10H2,1-3H3,(H,17,18). The molecule has 3 nitrogen and oxygen atoms in total. The molecule has 0 radical (unpaired) electrons. The first-order valence-corrected chi connectivity index (χ1v) is 6.54. The maximum Gasteiger partial charge on any atom is 0.307 e. The van der Waals surface area contributed by atoms with Crippen molar-refractivity contribution in [2.45, 2.75) is 33.6 Å². The Morgan fingerprint density at radius 3 is 2.72 bits per heavy atom. The lowest BCUT2D eigenvalue weighted by molar-refractivity contribution is -0.141. The van der Waals surface area contributed by atoms with Crippen LogP contribution in [-0.4, -0.2) is 24.2 Å². The average Bonchev–Trinajstić information content (AvgIpc) is 2.33. The zero-order chi connectivity index (χ0) is 13.5. The smallest absolute Gasteiger partial charge is 0.307 e. The molecule has 1 aromatic rings. The zero-order valence-electron chi connectivity index (χ0n) is 11.5. The van der Waals surface area contributed by atoms with E-state index in [1.165, 1.54) is 16.7 Å². The van der Waals surface area contributed by atoms with E-state index in [0.29, 0.717) is 13.0 Å². The summed E-state index contributed by atoms with van der Waals surface area (Å²) in [6.45, 7) is 7.49. The molecule has 0 aromatic heterocycles. The summed E-state index contributed by atoms with van der Waals surface area (Å²) in [4.78, 5) is 10.9. The predicted octanol–water partition coefficient (Wildman–Crippen LogP) is 2.55. The normalized spacial score (nSPS) is 12.4. The van der Waals surface area contributed by atoms with Crippen LogP contribution in [0.4, 0.5) is 0 Å². The summed E-state index contributed by atoms with van der Waals surface area (Å²) >= 11 is 0. The molecule has 100 valence electrons. The molecule has 0 aliphatic heterocycles. The minimum absolute atomic E-state index is 0.274. The number of hydrogen-bond acceptors (Lipinski definition) is 2. The monoisotopic (exact) mass is 249 g/mol. The summed E-state index contributed by atoms with van der Waals surface area (Å²) in [5.74, 6) is -0.986. The number of aliphatic carboxylic acids is 1. The van der Waals surface area contributed by atoms with Crippen molar-refractivity contribution in [2.75, 3.05) is 13.1 Å². The highest BCUT2D eigenvalue weighted by Gasteiger charge is 2.13. The Morgan fingerprint density at radius 2 is 2.11 bits per heavy atom. The first-order valence-electron chi connectivity index (χ1n) is 6.54. The van der Waals surface area contributed by atoms with E-state index < -0.39 is 5.97 Å². The highest BCUT2D eigenvalue weighted by atomic mass is 16.4. The number of aryl methyl sites for hydroxylation is 2. The topological polar surface area (TPSA) is 49.3 Å². The molecule has 1 rings (SSSR count). The van der Waals surface area contributed by atoms with Crippen molar-refractivity contribution in [3.63, 3.8) is 0 Å². The third-order valence-corrected chi connectivity index (χ3v) is 3.31. The molecular formula is C15H23NO2. The van der Waals surface area contributed by atoms with Gasteiger partial charge in [0.1, 0.15) is 0 Å². The molecule has 0 saturated carbocycles. The summed E-state index contributed by atoms with van der Waals surface area (Å²) in [6, 6.07) is 6.45. The first kappa shape index (κ1) is 14.7. The van der Waals surface area contributed by atoms with Crippen molar-refractivity contribution in [2.24, 2.45) is 5.92 Å².